The summed E-state index contributed by atoms with van der Waals surface area (Å²) in [5.74, 6) is -0.0498. The maximum absolute atomic E-state index is 12.5. The molecule has 104 valence electrons. The minimum absolute atomic E-state index is 0.0491. The summed E-state index contributed by atoms with van der Waals surface area (Å²) in [7, 11) is 0. The van der Waals surface area contributed by atoms with Crippen molar-refractivity contribution < 1.29 is 14.3 Å². The second-order valence-corrected chi connectivity index (χ2v) is 5.40. The zero-order chi connectivity index (χ0) is 13.1. The van der Waals surface area contributed by atoms with Crippen LogP contribution in [0.5, 0.6) is 0 Å². The number of nitrogens with one attached hydrogen (secondary N) is 1. The van der Waals surface area contributed by atoms with E-state index in [4.69, 9.17) is 9.47 Å². The average Bonchev–Trinajstić information content (AvgIpc) is 2.71. The number of esters is 1. The van der Waals surface area contributed by atoms with Crippen LogP contribution >= 0.6 is 0 Å². The van der Waals surface area contributed by atoms with Crippen molar-refractivity contribution in [1.29, 1.82) is 0 Å². The van der Waals surface area contributed by atoms with Crippen LogP contribution in [0.4, 0.5) is 0 Å². The molecule has 2 fully saturated rings. The third kappa shape index (κ3) is 2.05. The van der Waals surface area contributed by atoms with Crippen molar-refractivity contribution in [3.8, 4) is 0 Å². The Bertz CT molecular complexity index is 299. The summed E-state index contributed by atoms with van der Waals surface area (Å²) >= 11 is 0. The van der Waals surface area contributed by atoms with Crippen LogP contribution < -0.4 is 5.32 Å². The van der Waals surface area contributed by atoms with Gasteiger partial charge in [0, 0.05) is 18.6 Å². The number of rotatable bonds is 4. The normalized spacial score (nSPS) is 30.6. The molecular formula is C14H25NO3. The predicted octanol–water partition coefficient (Wildman–Crippen LogP) is 1.88. The van der Waals surface area contributed by atoms with Gasteiger partial charge in [0.25, 0.3) is 0 Å². The fourth-order valence-corrected chi connectivity index (χ4v) is 3.83. The molecule has 0 aromatic heterocycles. The maximum Gasteiger partial charge on any atom is 0.326 e. The fraction of sp³-hybridized carbons (Fsp3) is 0.929. The van der Waals surface area contributed by atoms with Crippen LogP contribution in [0.3, 0.4) is 0 Å². The van der Waals surface area contributed by atoms with E-state index in [0.29, 0.717) is 6.61 Å². The Morgan fingerprint density at radius 2 is 1.94 bits per heavy atom. The molecule has 2 rings (SSSR count). The lowest BCUT2D eigenvalue weighted by Crippen LogP contribution is -2.62. The minimum Gasteiger partial charge on any atom is -0.465 e. The zero-order valence-corrected chi connectivity index (χ0v) is 11.6. The van der Waals surface area contributed by atoms with Crippen molar-refractivity contribution >= 4 is 5.97 Å². The quantitative estimate of drug-likeness (QED) is 0.779. The Kier molecular flexibility index (Phi) is 4.28. The van der Waals surface area contributed by atoms with Crippen molar-refractivity contribution in [2.45, 2.75) is 51.5 Å². The Morgan fingerprint density at radius 1 is 1.22 bits per heavy atom. The Labute approximate surface area is 109 Å². The van der Waals surface area contributed by atoms with Crippen molar-refractivity contribution in [2.24, 2.45) is 5.41 Å². The van der Waals surface area contributed by atoms with Crippen LogP contribution in [0, 0.1) is 5.41 Å². The first-order chi connectivity index (χ1) is 8.71. The van der Waals surface area contributed by atoms with Crippen LogP contribution in [0.2, 0.25) is 0 Å². The first-order valence-electron chi connectivity index (χ1n) is 7.21. The molecule has 1 N–H and O–H groups in total. The second kappa shape index (κ2) is 5.57. The molecule has 0 aromatic rings. The summed E-state index contributed by atoms with van der Waals surface area (Å²) in [6.45, 7) is 6.74. The topological polar surface area (TPSA) is 47.6 Å². The molecule has 18 heavy (non-hydrogen) atoms. The molecule has 2 aliphatic rings. The number of hydrogen-bond donors (Lipinski definition) is 1. The van der Waals surface area contributed by atoms with Gasteiger partial charge in [0.15, 0.2) is 0 Å². The molecule has 1 saturated carbocycles. The lowest BCUT2D eigenvalue weighted by molar-refractivity contribution is -0.160. The van der Waals surface area contributed by atoms with Crippen LogP contribution in [-0.4, -0.2) is 37.9 Å². The number of ether oxygens (including phenoxy) is 2. The first kappa shape index (κ1) is 13.8. The third-order valence-corrected chi connectivity index (χ3v) is 4.66. The summed E-state index contributed by atoms with van der Waals surface area (Å²) < 4.78 is 10.9. The van der Waals surface area contributed by atoms with E-state index in [1.807, 2.05) is 6.92 Å². The standard InChI is InChI=1S/C14H25NO3/c1-3-15-14(12(16)18-4-2)7-5-6-13(14)8-10-17-11-9-13/h15H,3-11H2,1-2H3. The summed E-state index contributed by atoms with van der Waals surface area (Å²) in [5, 5.41) is 3.47. The molecule has 1 saturated heterocycles. The average molecular weight is 255 g/mol. The van der Waals surface area contributed by atoms with Gasteiger partial charge in [-0.25, -0.2) is 0 Å². The highest BCUT2D eigenvalue weighted by Gasteiger charge is 2.59. The van der Waals surface area contributed by atoms with Gasteiger partial charge in [-0.2, -0.15) is 0 Å². The zero-order valence-electron chi connectivity index (χ0n) is 11.6. The molecule has 0 radical (unpaired) electrons. The molecule has 1 heterocycles. The predicted molar refractivity (Wildman–Crippen MR) is 69.4 cm³/mol. The van der Waals surface area contributed by atoms with Gasteiger partial charge in [0.05, 0.1) is 6.61 Å². The molecular weight excluding hydrogens is 230 g/mol. The number of likely N-dealkylation sites (N-methyl/N-ethyl adjacent to an activating group) is 1. The van der Waals surface area contributed by atoms with Crippen molar-refractivity contribution in [1.82, 2.24) is 5.32 Å². The smallest absolute Gasteiger partial charge is 0.326 e. The van der Waals surface area contributed by atoms with Gasteiger partial charge < -0.3 is 14.8 Å². The van der Waals surface area contributed by atoms with Crippen LogP contribution in [0.15, 0.2) is 0 Å². The third-order valence-electron chi connectivity index (χ3n) is 4.66. The van der Waals surface area contributed by atoms with Gasteiger partial charge in [-0.1, -0.05) is 13.3 Å². The minimum atomic E-state index is -0.471. The van der Waals surface area contributed by atoms with E-state index in [0.717, 1.165) is 51.9 Å². The van der Waals surface area contributed by atoms with Gasteiger partial charge in [0.1, 0.15) is 5.54 Å². The van der Waals surface area contributed by atoms with E-state index in [9.17, 15) is 4.79 Å². The van der Waals surface area contributed by atoms with E-state index in [1.165, 1.54) is 0 Å². The lowest BCUT2D eigenvalue weighted by Gasteiger charge is -2.46. The van der Waals surface area contributed by atoms with Gasteiger partial charge in [-0.3, -0.25) is 4.79 Å². The maximum atomic E-state index is 12.5. The lowest BCUT2D eigenvalue weighted by atomic mass is 9.66. The van der Waals surface area contributed by atoms with E-state index >= 15 is 0 Å². The highest BCUT2D eigenvalue weighted by molar-refractivity contribution is 5.82. The summed E-state index contributed by atoms with van der Waals surface area (Å²) in [5.41, 5.74) is -0.422. The largest absolute Gasteiger partial charge is 0.465 e. The SMILES string of the molecule is CCNC1(C(=O)OCC)CCCC12CCOCC2. The second-order valence-electron chi connectivity index (χ2n) is 5.40. The van der Waals surface area contributed by atoms with Crippen LogP contribution in [0.25, 0.3) is 0 Å². The monoisotopic (exact) mass is 255 g/mol. The Balaban J connectivity index is 2.28. The molecule has 0 bridgehead atoms. The summed E-state index contributed by atoms with van der Waals surface area (Å²) in [6, 6.07) is 0. The number of carbonyl (C=O) groups is 1. The number of hydrogen-bond acceptors (Lipinski definition) is 4. The molecule has 4 nitrogen and oxygen atoms in total. The van der Waals surface area contributed by atoms with Crippen LogP contribution in [-0.2, 0) is 14.3 Å². The molecule has 1 aliphatic heterocycles. The Morgan fingerprint density at radius 3 is 2.56 bits per heavy atom. The van der Waals surface area contributed by atoms with E-state index in [1.54, 1.807) is 0 Å². The van der Waals surface area contributed by atoms with Crippen molar-refractivity contribution in [2.75, 3.05) is 26.4 Å². The molecule has 4 heteroatoms. The highest BCUT2D eigenvalue weighted by atomic mass is 16.5. The first-order valence-corrected chi connectivity index (χ1v) is 7.21. The van der Waals surface area contributed by atoms with E-state index < -0.39 is 5.54 Å². The van der Waals surface area contributed by atoms with E-state index in [2.05, 4.69) is 12.2 Å². The molecule has 0 aromatic carbocycles. The fourth-order valence-electron chi connectivity index (χ4n) is 3.83. The summed E-state index contributed by atoms with van der Waals surface area (Å²) in [4.78, 5) is 12.5. The van der Waals surface area contributed by atoms with Crippen LogP contribution in [0.1, 0.15) is 46.0 Å². The van der Waals surface area contributed by atoms with Gasteiger partial charge in [-0.05, 0) is 39.2 Å². The molecule has 1 atom stereocenters. The van der Waals surface area contributed by atoms with Gasteiger partial charge in [-0.15, -0.1) is 0 Å². The van der Waals surface area contributed by atoms with Crippen molar-refractivity contribution in [3.05, 3.63) is 0 Å². The Hall–Kier alpha value is -0.610. The molecule has 1 aliphatic carbocycles. The van der Waals surface area contributed by atoms with Crippen molar-refractivity contribution in [3.63, 3.8) is 0 Å². The molecule has 1 unspecified atom stereocenters. The van der Waals surface area contributed by atoms with Gasteiger partial charge in [0.2, 0.25) is 0 Å². The molecule has 0 amide bonds. The summed E-state index contributed by atoms with van der Waals surface area (Å²) in [6.07, 6.45) is 5.06. The number of carbonyl (C=O) groups excluding carboxylic acids is 1. The molecule has 1 spiro atoms. The van der Waals surface area contributed by atoms with Gasteiger partial charge >= 0.3 is 5.97 Å². The highest BCUT2D eigenvalue weighted by Crippen LogP contribution is 2.53. The van der Waals surface area contributed by atoms with E-state index in [-0.39, 0.29) is 11.4 Å².